The normalized spacial score (nSPS) is 11.1. The van der Waals surface area contributed by atoms with Crippen LogP contribution in [0.15, 0.2) is 48.7 Å². The minimum absolute atomic E-state index is 0.101. The number of H-pyrrole nitrogens is 1. The molecule has 0 aliphatic rings. The molecule has 5 aromatic rings. The van der Waals surface area contributed by atoms with E-state index in [-0.39, 0.29) is 22.8 Å². The topological polar surface area (TPSA) is 125 Å². The molecule has 0 bridgehead atoms. The fraction of sp³-hybridized carbons (Fsp3) is 0.125. The summed E-state index contributed by atoms with van der Waals surface area (Å²) < 4.78 is 29.1. The number of carbonyl (C=O) groups excluding carboxylic acids is 1. The summed E-state index contributed by atoms with van der Waals surface area (Å²) in [6.07, 6.45) is 1.66. The van der Waals surface area contributed by atoms with E-state index in [2.05, 4.69) is 41.2 Å². The number of amides is 1. The summed E-state index contributed by atoms with van der Waals surface area (Å²) in [7, 11) is 1.77. The highest BCUT2D eigenvalue weighted by atomic mass is 35.5. The van der Waals surface area contributed by atoms with Gasteiger partial charge in [-0.2, -0.15) is 20.2 Å². The van der Waals surface area contributed by atoms with Crippen molar-refractivity contribution in [2.24, 2.45) is 7.05 Å². The lowest BCUT2D eigenvalue weighted by atomic mass is 10.1. The highest BCUT2D eigenvalue weighted by Crippen LogP contribution is 2.25. The smallest absolute Gasteiger partial charge is 0.257 e. The number of nitrogens with one attached hydrogen (secondary N) is 4. The fourth-order valence-electron chi connectivity index (χ4n) is 3.62. The number of hydrogen-bond acceptors (Lipinski definition) is 7. The van der Waals surface area contributed by atoms with Crippen LogP contribution in [0.3, 0.4) is 0 Å². The molecule has 3 heterocycles. The first kappa shape index (κ1) is 24.1. The molecule has 5 rings (SSSR count). The van der Waals surface area contributed by atoms with E-state index < -0.39 is 17.5 Å². The quantitative estimate of drug-likeness (QED) is 0.238. The Labute approximate surface area is 214 Å². The molecule has 0 fully saturated rings. The predicted molar refractivity (Wildman–Crippen MR) is 136 cm³/mol. The Bertz CT molecular complexity index is 1630. The highest BCUT2D eigenvalue weighted by molar-refractivity contribution is 6.34. The Balaban J connectivity index is 1.37. The Morgan fingerprint density at radius 1 is 1.14 bits per heavy atom. The monoisotopic (exact) mass is 523 g/mol. The number of benzene rings is 2. The fourth-order valence-corrected chi connectivity index (χ4v) is 3.82. The molecule has 13 heteroatoms. The summed E-state index contributed by atoms with van der Waals surface area (Å²) >= 11 is 6.22. The predicted octanol–water partition coefficient (Wildman–Crippen LogP) is 4.93. The molecule has 3 aromatic heterocycles. The van der Waals surface area contributed by atoms with Crippen LogP contribution in [0.4, 0.5) is 32.1 Å². The summed E-state index contributed by atoms with van der Waals surface area (Å²) in [5.41, 5.74) is 1.99. The van der Waals surface area contributed by atoms with Crippen LogP contribution < -0.4 is 16.0 Å². The van der Waals surface area contributed by atoms with Gasteiger partial charge in [0.1, 0.15) is 17.5 Å². The number of aromatic nitrogens is 6. The molecule has 0 atom stereocenters. The highest BCUT2D eigenvalue weighted by Gasteiger charge is 2.16. The van der Waals surface area contributed by atoms with Gasteiger partial charge in [-0.15, -0.1) is 0 Å². The van der Waals surface area contributed by atoms with E-state index >= 15 is 0 Å². The van der Waals surface area contributed by atoms with Gasteiger partial charge in [0.15, 0.2) is 11.5 Å². The van der Waals surface area contributed by atoms with Crippen LogP contribution in [0.1, 0.15) is 21.6 Å². The van der Waals surface area contributed by atoms with Crippen molar-refractivity contribution in [2.75, 3.05) is 16.0 Å². The van der Waals surface area contributed by atoms with Crippen LogP contribution in [0.25, 0.3) is 11.0 Å². The Morgan fingerprint density at radius 3 is 2.76 bits per heavy atom. The largest absolute Gasteiger partial charge is 0.350 e. The number of anilines is 4. The number of hydrogen-bond donors (Lipinski definition) is 4. The molecule has 0 radical (unpaired) electrons. The zero-order valence-corrected chi connectivity index (χ0v) is 20.4. The van der Waals surface area contributed by atoms with Gasteiger partial charge in [-0.25, -0.2) is 8.78 Å². The third kappa shape index (κ3) is 5.19. The summed E-state index contributed by atoms with van der Waals surface area (Å²) in [5.74, 6) is -0.697. The zero-order chi connectivity index (χ0) is 26.1. The van der Waals surface area contributed by atoms with Crippen molar-refractivity contribution in [3.8, 4) is 0 Å². The van der Waals surface area contributed by atoms with Gasteiger partial charge >= 0.3 is 0 Å². The summed E-state index contributed by atoms with van der Waals surface area (Å²) in [5, 5.41) is 20.8. The second-order valence-corrected chi connectivity index (χ2v) is 8.62. The van der Waals surface area contributed by atoms with Crippen molar-refractivity contribution in [1.82, 2.24) is 29.9 Å². The molecular formula is C24H20ClF2N9O. The molecule has 0 aliphatic heterocycles. The van der Waals surface area contributed by atoms with E-state index in [0.29, 0.717) is 34.2 Å². The van der Waals surface area contributed by atoms with Gasteiger partial charge in [-0.05, 0) is 36.8 Å². The molecule has 0 spiro atoms. The summed E-state index contributed by atoms with van der Waals surface area (Å²) in [6.45, 7) is 2.14. The van der Waals surface area contributed by atoms with E-state index in [4.69, 9.17) is 11.6 Å². The maximum Gasteiger partial charge on any atom is 0.257 e. The maximum atomic E-state index is 14.0. The van der Waals surface area contributed by atoms with E-state index in [1.54, 1.807) is 36.1 Å². The Hall–Kier alpha value is -4.58. The Morgan fingerprint density at radius 2 is 1.97 bits per heavy atom. The van der Waals surface area contributed by atoms with Crippen LogP contribution in [-0.4, -0.2) is 35.9 Å². The van der Waals surface area contributed by atoms with Gasteiger partial charge in [0.2, 0.25) is 5.95 Å². The van der Waals surface area contributed by atoms with Crippen molar-refractivity contribution in [3.63, 3.8) is 0 Å². The summed E-state index contributed by atoms with van der Waals surface area (Å²) in [6, 6.07) is 9.46. The first-order chi connectivity index (χ1) is 17.8. The number of fused-ring (bicyclic) bond motifs is 1. The average molecular weight is 524 g/mol. The standard InChI is InChI=1S/C24H20ClF2N9O/c1-12-7-20(35-34-12)31-21-16-11-29-36(2)22(16)33-24(32-21)28-10-13-3-5-17(25)15(8-13)23(37)30-19-9-14(26)4-6-18(19)27/h3-9,11H,10H2,1-2H3,(H,30,37)(H3,28,31,32,33,34,35). The average Bonchev–Trinajstić information content (AvgIpc) is 3.45. The van der Waals surface area contributed by atoms with Crippen molar-refractivity contribution in [1.29, 1.82) is 0 Å². The SMILES string of the molecule is Cc1cc(Nc2nc(NCc3ccc(Cl)c(C(=O)Nc4cc(F)ccc4F)c3)nc3c2cnn3C)n[nH]1. The lowest BCUT2D eigenvalue weighted by molar-refractivity contribution is 0.102. The molecule has 1 amide bonds. The number of aryl methyl sites for hydroxylation is 2. The van der Waals surface area contributed by atoms with Gasteiger partial charge in [0, 0.05) is 31.4 Å². The lowest BCUT2D eigenvalue weighted by Crippen LogP contribution is -2.14. The number of aromatic amines is 1. The Kier molecular flexibility index (Phi) is 6.40. The lowest BCUT2D eigenvalue weighted by Gasteiger charge is -2.11. The molecule has 0 aliphatic carbocycles. The number of carbonyl (C=O) groups is 1. The molecule has 2 aromatic carbocycles. The summed E-state index contributed by atoms with van der Waals surface area (Å²) in [4.78, 5) is 21.8. The molecule has 10 nitrogen and oxygen atoms in total. The van der Waals surface area contributed by atoms with Gasteiger partial charge in [-0.1, -0.05) is 17.7 Å². The van der Waals surface area contributed by atoms with Crippen molar-refractivity contribution >= 4 is 51.8 Å². The number of halogens is 3. The third-order valence-corrected chi connectivity index (χ3v) is 5.78. The molecule has 0 saturated carbocycles. The second-order valence-electron chi connectivity index (χ2n) is 8.21. The van der Waals surface area contributed by atoms with Crippen LogP contribution in [0.2, 0.25) is 5.02 Å². The van der Waals surface area contributed by atoms with Gasteiger partial charge in [0.05, 0.1) is 27.9 Å². The van der Waals surface area contributed by atoms with Gasteiger partial charge < -0.3 is 16.0 Å². The maximum absolute atomic E-state index is 14.0. The molecule has 188 valence electrons. The molecule has 37 heavy (non-hydrogen) atoms. The van der Waals surface area contributed by atoms with Crippen LogP contribution in [0.5, 0.6) is 0 Å². The molecule has 0 unspecified atom stereocenters. The van der Waals surface area contributed by atoms with E-state index in [0.717, 1.165) is 23.9 Å². The van der Waals surface area contributed by atoms with Crippen molar-refractivity contribution in [3.05, 3.63) is 82.1 Å². The van der Waals surface area contributed by atoms with Crippen LogP contribution in [-0.2, 0) is 13.6 Å². The van der Waals surface area contributed by atoms with Crippen LogP contribution >= 0.6 is 11.6 Å². The number of rotatable bonds is 7. The van der Waals surface area contributed by atoms with Crippen molar-refractivity contribution < 1.29 is 13.6 Å². The van der Waals surface area contributed by atoms with Crippen LogP contribution in [0, 0.1) is 18.6 Å². The third-order valence-electron chi connectivity index (χ3n) is 5.45. The molecule has 0 saturated heterocycles. The van der Waals surface area contributed by atoms with Gasteiger partial charge in [0.25, 0.3) is 5.91 Å². The first-order valence-electron chi connectivity index (χ1n) is 11.0. The first-order valence-corrected chi connectivity index (χ1v) is 11.4. The van der Waals surface area contributed by atoms with E-state index in [9.17, 15) is 13.6 Å². The number of nitrogens with zero attached hydrogens (tertiary/aromatic N) is 5. The van der Waals surface area contributed by atoms with Crippen molar-refractivity contribution in [2.45, 2.75) is 13.5 Å². The van der Waals surface area contributed by atoms with Gasteiger partial charge in [-0.3, -0.25) is 14.6 Å². The molecule has 4 N–H and O–H groups in total. The van der Waals surface area contributed by atoms with E-state index in [1.807, 2.05) is 13.0 Å². The minimum atomic E-state index is -0.763. The molecular weight excluding hydrogens is 504 g/mol. The second kappa shape index (κ2) is 9.82. The minimum Gasteiger partial charge on any atom is -0.350 e. The van der Waals surface area contributed by atoms with E-state index in [1.165, 1.54) is 0 Å². The zero-order valence-electron chi connectivity index (χ0n) is 19.6.